The van der Waals surface area contributed by atoms with Gasteiger partial charge in [0.25, 0.3) is 0 Å². The van der Waals surface area contributed by atoms with Gasteiger partial charge >= 0.3 is 0 Å². The van der Waals surface area contributed by atoms with Gasteiger partial charge in [0.15, 0.2) is 0 Å². The molecule has 12 aromatic carbocycles. The molecule has 8 heterocycles. The molecule has 0 radical (unpaired) electrons. The monoisotopic (exact) mass is 1180 g/mol. The number of nitrogens with zero attached hydrogens (tertiary/aromatic N) is 4. The zero-order chi connectivity index (χ0) is 58.6. The number of anilines is 6. The molecule has 0 amide bonds. The van der Waals surface area contributed by atoms with E-state index in [0.717, 1.165) is 110 Å². The second kappa shape index (κ2) is 17.8. The summed E-state index contributed by atoms with van der Waals surface area (Å²) in [6.07, 6.45) is 0. The fourth-order valence-corrected chi connectivity index (χ4v) is 19.4. The second-order valence-corrected chi connectivity index (χ2v) is 26.3. The molecule has 0 fully saturated rings. The largest absolute Gasteiger partial charge is 0.456 e. The summed E-state index contributed by atoms with van der Waals surface area (Å²) in [7, 11) is 0. The van der Waals surface area contributed by atoms with Gasteiger partial charge in [0.2, 0.25) is 0 Å². The Morgan fingerprint density at radius 2 is 0.578 bits per heavy atom. The van der Waals surface area contributed by atoms with Crippen molar-refractivity contribution in [3.8, 4) is 10.0 Å². The lowest BCUT2D eigenvalue weighted by atomic mass is 9.53. The smallest absolute Gasteiger partial charge is 0.137 e. The Morgan fingerprint density at radius 3 is 0.978 bits per heavy atom. The van der Waals surface area contributed by atoms with Crippen molar-refractivity contribution in [3.63, 3.8) is 0 Å². The molecule has 2 spiro atoms. The number of fused-ring (bicyclic) bond motifs is 26. The molecule has 0 saturated carbocycles. The molecule has 90 heavy (non-hydrogen) atoms. The molecular weight excluding hydrogens is 1140 g/mol. The van der Waals surface area contributed by atoms with Gasteiger partial charge in [0.1, 0.15) is 32.3 Å². The topological polar surface area (TPSA) is 42.6 Å². The first kappa shape index (κ1) is 48.9. The number of aromatic nitrogens is 2. The van der Waals surface area contributed by atoms with Crippen LogP contribution >= 0.6 is 22.7 Å². The van der Waals surface area contributed by atoms with E-state index in [2.05, 4.69) is 310 Å². The number of benzene rings is 12. The molecule has 0 unspecified atom stereocenters. The van der Waals surface area contributed by atoms with E-state index in [0.29, 0.717) is 0 Å². The summed E-state index contributed by atoms with van der Waals surface area (Å²) in [5, 5.41) is 11.5. The molecule has 6 aromatic heterocycles. The normalized spacial score (nSPS) is 14.4. The lowest BCUT2D eigenvalue weighted by molar-refractivity contribution is 0.633. The van der Waals surface area contributed by atoms with Crippen LogP contribution in [0, 0.1) is 0 Å². The molecule has 8 heteroatoms. The Labute approximate surface area is 523 Å². The molecule has 0 bridgehead atoms. The van der Waals surface area contributed by atoms with E-state index >= 15 is 0 Å². The first-order chi connectivity index (χ1) is 44.6. The summed E-state index contributed by atoms with van der Waals surface area (Å²) >= 11 is 3.88. The number of hydrogen-bond donors (Lipinski definition) is 0. The van der Waals surface area contributed by atoms with Crippen LogP contribution in [0.4, 0.5) is 34.1 Å². The van der Waals surface area contributed by atoms with E-state index in [-0.39, 0.29) is 0 Å². The number of para-hydroxylation sites is 10. The number of hydrogen-bond acceptors (Lipinski definition) is 6. The number of thiophene rings is 2. The highest BCUT2D eigenvalue weighted by atomic mass is 32.1. The SMILES string of the molecule is c1ccc(N2c3ccccc3C3(c4ccccc42)c2cc(-n4c5ccccc5c5cc6c(cc54)oc4ccccc46)sc2C2(c4ccccc4N(c4ccccc4)c4ccccc42)c2cc(-n4c5ccccc5c5cc6c(cc54)oc4ccccc46)sc23)cc1. The minimum absolute atomic E-state index is 0.870. The van der Waals surface area contributed by atoms with Crippen LogP contribution in [0.25, 0.3) is 97.5 Å². The van der Waals surface area contributed by atoms with Crippen molar-refractivity contribution in [1.29, 1.82) is 0 Å². The Kier molecular flexibility index (Phi) is 9.65. The van der Waals surface area contributed by atoms with Crippen LogP contribution in [0.1, 0.15) is 43.1 Å². The molecule has 0 atom stereocenters. The van der Waals surface area contributed by atoms with Crippen LogP contribution in [0.3, 0.4) is 0 Å². The Morgan fingerprint density at radius 1 is 0.244 bits per heavy atom. The van der Waals surface area contributed by atoms with Crippen molar-refractivity contribution < 1.29 is 8.83 Å². The Bertz CT molecular complexity index is 5580. The van der Waals surface area contributed by atoms with E-state index in [9.17, 15) is 0 Å². The van der Waals surface area contributed by atoms with Crippen molar-refractivity contribution in [2.24, 2.45) is 0 Å². The van der Waals surface area contributed by atoms with Gasteiger partial charge in [-0.3, -0.25) is 0 Å². The van der Waals surface area contributed by atoms with Gasteiger partial charge in [0, 0.05) is 76.4 Å². The summed E-state index contributed by atoms with van der Waals surface area (Å²) in [6, 6.07) is 108. The molecule has 0 saturated heterocycles. The first-order valence-corrected chi connectivity index (χ1v) is 32.4. The van der Waals surface area contributed by atoms with Crippen molar-refractivity contribution in [2.75, 3.05) is 9.80 Å². The average Bonchev–Trinajstić information content (AvgIpc) is 1.19. The van der Waals surface area contributed by atoms with E-state index in [4.69, 9.17) is 8.83 Å². The molecule has 2 aliphatic heterocycles. The molecule has 6 nitrogen and oxygen atoms in total. The maximum atomic E-state index is 6.79. The van der Waals surface area contributed by atoms with Gasteiger partial charge in [0.05, 0.1) is 55.6 Å². The lowest BCUT2D eigenvalue weighted by Crippen LogP contribution is -2.47. The number of furan rings is 2. The maximum Gasteiger partial charge on any atom is 0.137 e. The lowest BCUT2D eigenvalue weighted by Gasteiger charge is -2.53. The predicted octanol–water partition coefficient (Wildman–Crippen LogP) is 22.4. The van der Waals surface area contributed by atoms with Gasteiger partial charge in [-0.25, -0.2) is 0 Å². The highest BCUT2D eigenvalue weighted by molar-refractivity contribution is 7.16. The average molecular weight is 1190 g/mol. The summed E-state index contributed by atoms with van der Waals surface area (Å²) in [5.41, 5.74) is 20.5. The van der Waals surface area contributed by atoms with E-state index in [1.54, 1.807) is 0 Å². The molecule has 420 valence electrons. The minimum Gasteiger partial charge on any atom is -0.456 e. The van der Waals surface area contributed by atoms with E-state index in [1.165, 1.54) is 64.7 Å². The van der Waals surface area contributed by atoms with Crippen molar-refractivity contribution in [3.05, 3.63) is 334 Å². The molecular formula is C82H48N4O2S2. The summed E-state index contributed by atoms with van der Waals surface area (Å²) in [6.45, 7) is 0. The van der Waals surface area contributed by atoms with Gasteiger partial charge in [-0.15, -0.1) is 22.7 Å². The predicted molar refractivity (Wildman–Crippen MR) is 372 cm³/mol. The number of rotatable bonds is 4. The molecule has 3 aliphatic rings. The van der Waals surface area contributed by atoms with Crippen molar-refractivity contribution in [2.45, 2.75) is 10.8 Å². The van der Waals surface area contributed by atoms with E-state index < -0.39 is 10.8 Å². The van der Waals surface area contributed by atoms with Crippen molar-refractivity contribution in [1.82, 2.24) is 9.13 Å². The zero-order valence-electron chi connectivity index (χ0n) is 48.1. The van der Waals surface area contributed by atoms with Crippen LogP contribution in [0.2, 0.25) is 0 Å². The van der Waals surface area contributed by atoms with E-state index in [1.807, 2.05) is 22.7 Å². The fourth-order valence-electron chi connectivity index (χ4n) is 16.5. The van der Waals surface area contributed by atoms with Gasteiger partial charge in [-0.1, -0.05) is 182 Å². The third-order valence-electron chi connectivity index (χ3n) is 19.9. The zero-order valence-corrected chi connectivity index (χ0v) is 49.8. The van der Waals surface area contributed by atoms with Crippen LogP contribution < -0.4 is 9.80 Å². The summed E-state index contributed by atoms with van der Waals surface area (Å²) in [5.74, 6) is 0. The highest BCUT2D eigenvalue weighted by Crippen LogP contribution is 2.71. The molecule has 0 N–H and O–H groups in total. The molecule has 21 rings (SSSR count). The molecule has 18 aromatic rings. The second-order valence-electron chi connectivity index (χ2n) is 24.2. The van der Waals surface area contributed by atoms with Gasteiger partial charge in [-0.2, -0.15) is 0 Å². The van der Waals surface area contributed by atoms with Crippen molar-refractivity contribution >= 4 is 144 Å². The highest BCUT2D eigenvalue weighted by Gasteiger charge is 2.61. The summed E-state index contributed by atoms with van der Waals surface area (Å²) < 4.78 is 18.7. The fraction of sp³-hybridized carbons (Fsp3) is 0.0244. The Hall–Kier alpha value is -11.2. The first-order valence-electron chi connectivity index (χ1n) is 30.7. The Balaban J connectivity index is 0.956. The third kappa shape index (κ3) is 6.11. The third-order valence-corrected chi connectivity index (χ3v) is 22.4. The standard InChI is InChI=1S/C82H48N4O2S2/c1-3-23-49(24-4-1)83-67-37-17-11-31-59(67)81(60-32-12-18-38-68(60)83)63-45-77(85-65-35-15-7-27-51(65)55-43-57-53-29-9-21-41-73(53)87-75(57)47-71(55)85)90-80(63)82(61-33-13-19-39-69(61)84(50-25-5-2-6-26-50)70-40-20-14-34-62(70)82)64-46-78(89-79(64)81)86-66-36-16-8-28-52(66)56-44-58-54-30-10-22-42-74(54)88-76(58)48-72(56)86/h1-48H. The maximum absolute atomic E-state index is 6.79. The van der Waals surface area contributed by atoms with Crippen LogP contribution in [-0.4, -0.2) is 9.13 Å². The van der Waals surface area contributed by atoms with Crippen LogP contribution in [0.15, 0.2) is 300 Å². The minimum atomic E-state index is -0.873. The van der Waals surface area contributed by atoms with Gasteiger partial charge in [-0.05, 0) is 130 Å². The quantitative estimate of drug-likeness (QED) is 0.176. The van der Waals surface area contributed by atoms with Gasteiger partial charge < -0.3 is 27.8 Å². The van der Waals surface area contributed by atoms with Crippen LogP contribution in [-0.2, 0) is 10.8 Å². The molecule has 1 aliphatic carbocycles. The summed E-state index contributed by atoms with van der Waals surface area (Å²) in [4.78, 5) is 7.56. The van der Waals surface area contributed by atoms with Crippen LogP contribution in [0.5, 0.6) is 0 Å².